The predicted octanol–water partition coefficient (Wildman–Crippen LogP) is 6.10. The summed E-state index contributed by atoms with van der Waals surface area (Å²) in [6.07, 6.45) is 0.0811. The number of rotatable bonds is 6. The highest BCUT2D eigenvalue weighted by molar-refractivity contribution is 7.80. The summed E-state index contributed by atoms with van der Waals surface area (Å²) < 4.78 is 31.7. The van der Waals surface area contributed by atoms with Crippen molar-refractivity contribution in [1.82, 2.24) is 9.80 Å². The van der Waals surface area contributed by atoms with Gasteiger partial charge < -0.3 is 19.8 Å². The topological polar surface area (TPSA) is 47.0 Å². The molecule has 36 heavy (non-hydrogen) atoms. The van der Waals surface area contributed by atoms with Crippen LogP contribution < -0.4 is 4.90 Å². The molecule has 2 heterocycles. The molecule has 0 aromatic heterocycles. The fourth-order valence-corrected chi connectivity index (χ4v) is 5.61. The molecule has 2 aliphatic rings. The summed E-state index contributed by atoms with van der Waals surface area (Å²) in [6.45, 7) is 6.22. The number of carbonyl (C=O) groups is 1. The third kappa shape index (κ3) is 6.56. The Labute approximate surface area is 216 Å². The lowest BCUT2D eigenvalue weighted by atomic mass is 9.95. The Balaban J connectivity index is 0.000000454. The number of alkyl halides is 3. The van der Waals surface area contributed by atoms with Crippen molar-refractivity contribution in [3.63, 3.8) is 0 Å². The fraction of sp³-hybridized carbons (Fsp3) is 0.481. The number of carboxylic acids is 1. The van der Waals surface area contributed by atoms with Crippen molar-refractivity contribution >= 4 is 34.6 Å². The Morgan fingerprint density at radius 2 is 1.44 bits per heavy atom. The van der Waals surface area contributed by atoms with Gasteiger partial charge in [0.15, 0.2) is 0 Å². The molecular weight excluding hydrogens is 487 g/mol. The van der Waals surface area contributed by atoms with Crippen molar-refractivity contribution in [3.8, 4) is 0 Å². The maximum Gasteiger partial charge on any atom is 0.490 e. The van der Waals surface area contributed by atoms with E-state index in [2.05, 4.69) is 90.2 Å². The highest BCUT2D eigenvalue weighted by Crippen LogP contribution is 2.40. The lowest BCUT2D eigenvalue weighted by Crippen LogP contribution is -2.47. The number of hydrogen-bond donors (Lipinski definition) is 1. The molecule has 2 aromatic rings. The van der Waals surface area contributed by atoms with Crippen LogP contribution in [0.1, 0.15) is 45.1 Å². The third-order valence-electron chi connectivity index (χ3n) is 7.16. The van der Waals surface area contributed by atoms with E-state index >= 15 is 0 Å². The van der Waals surface area contributed by atoms with Crippen molar-refractivity contribution in [3.05, 3.63) is 60.2 Å². The molecule has 0 saturated carbocycles. The highest BCUT2D eigenvalue weighted by atomic mass is 32.1. The molecule has 1 N–H and O–H groups in total. The molecule has 2 aromatic carbocycles. The monoisotopic (exact) mass is 521 g/mol. The number of carboxylic acid groups (broad SMARTS) is 1. The zero-order valence-electron chi connectivity index (χ0n) is 20.9. The van der Waals surface area contributed by atoms with E-state index in [9.17, 15) is 13.2 Å². The first kappa shape index (κ1) is 27.9. The van der Waals surface area contributed by atoms with Gasteiger partial charge >= 0.3 is 12.1 Å². The number of para-hydroxylation sites is 1. The van der Waals surface area contributed by atoms with Gasteiger partial charge in [-0.1, -0.05) is 30.4 Å². The van der Waals surface area contributed by atoms with E-state index in [1.807, 2.05) is 0 Å². The maximum absolute atomic E-state index is 10.6. The molecular formula is C27H34F3N3O2S. The first-order valence-corrected chi connectivity index (χ1v) is 12.7. The predicted molar refractivity (Wildman–Crippen MR) is 141 cm³/mol. The van der Waals surface area contributed by atoms with Crippen molar-refractivity contribution in [2.75, 3.05) is 25.0 Å². The van der Waals surface area contributed by atoms with Crippen LogP contribution in [-0.4, -0.2) is 70.3 Å². The van der Waals surface area contributed by atoms with Gasteiger partial charge in [-0.3, -0.25) is 0 Å². The van der Waals surface area contributed by atoms with Gasteiger partial charge in [-0.25, -0.2) is 4.79 Å². The highest BCUT2D eigenvalue weighted by Gasteiger charge is 2.41. The van der Waals surface area contributed by atoms with Gasteiger partial charge in [-0.05, 0) is 83.0 Å². The van der Waals surface area contributed by atoms with Crippen LogP contribution in [0.4, 0.5) is 24.5 Å². The molecule has 2 fully saturated rings. The van der Waals surface area contributed by atoms with Crippen LogP contribution in [-0.2, 0) is 4.79 Å². The van der Waals surface area contributed by atoms with Gasteiger partial charge in [0, 0.05) is 48.2 Å². The molecule has 5 nitrogen and oxygen atoms in total. The van der Waals surface area contributed by atoms with E-state index in [-0.39, 0.29) is 0 Å². The molecule has 3 atom stereocenters. The third-order valence-corrected chi connectivity index (χ3v) is 7.65. The van der Waals surface area contributed by atoms with E-state index in [1.54, 1.807) is 0 Å². The minimum absolute atomic E-state index is 0.548. The average molecular weight is 522 g/mol. The molecule has 0 spiro atoms. The minimum atomic E-state index is -5.08. The quantitative estimate of drug-likeness (QED) is 0.464. The van der Waals surface area contributed by atoms with E-state index < -0.39 is 12.1 Å². The summed E-state index contributed by atoms with van der Waals surface area (Å²) in [5, 5.41) is 7.12. The second-order valence-electron chi connectivity index (χ2n) is 9.21. The summed E-state index contributed by atoms with van der Waals surface area (Å²) in [7, 11) is 2.31. The van der Waals surface area contributed by atoms with Gasteiger partial charge in [0.2, 0.25) is 0 Å². The largest absolute Gasteiger partial charge is 0.490 e. The molecule has 4 rings (SSSR count). The Morgan fingerprint density at radius 1 is 0.972 bits per heavy atom. The van der Waals surface area contributed by atoms with Crippen molar-refractivity contribution < 1.29 is 23.1 Å². The standard InChI is InChI=1S/C25H33N3S.C2HF3O2/c1-4-27(5-2)25(29)19-11-13-21(14-12-19)28(20-9-7-6-8-10-20)24-17-22-15-16-23(18-24)26(22)3;3-2(4,5)1(6)7/h6-14,22-24H,4-5,15-18H2,1-3H3;(H,6,7)/t22-,23+,24+;. The smallest absolute Gasteiger partial charge is 0.475 e. The number of thiocarbonyl (C=S) groups is 1. The molecule has 9 heteroatoms. The van der Waals surface area contributed by atoms with Crippen LogP contribution in [0.5, 0.6) is 0 Å². The number of fused-ring (bicyclic) bond motifs is 2. The maximum atomic E-state index is 10.6. The molecule has 196 valence electrons. The van der Waals surface area contributed by atoms with Crippen LogP contribution >= 0.6 is 12.2 Å². The van der Waals surface area contributed by atoms with Crippen molar-refractivity contribution in [1.29, 1.82) is 0 Å². The number of halogens is 3. The summed E-state index contributed by atoms with van der Waals surface area (Å²) in [6, 6.07) is 21.8. The summed E-state index contributed by atoms with van der Waals surface area (Å²) in [5.74, 6) is -2.76. The lowest BCUT2D eigenvalue weighted by Gasteiger charge is -2.43. The van der Waals surface area contributed by atoms with E-state index in [0.717, 1.165) is 35.7 Å². The Bertz CT molecular complexity index is 999. The molecule has 2 bridgehead atoms. The Hall–Kier alpha value is -2.65. The van der Waals surface area contributed by atoms with Crippen LogP contribution in [0, 0.1) is 0 Å². The Morgan fingerprint density at radius 3 is 1.89 bits per heavy atom. The first-order chi connectivity index (χ1) is 17.1. The van der Waals surface area contributed by atoms with Crippen LogP contribution in [0.3, 0.4) is 0 Å². The molecule has 0 unspecified atom stereocenters. The second-order valence-corrected chi connectivity index (χ2v) is 9.60. The van der Waals surface area contributed by atoms with E-state index in [4.69, 9.17) is 22.1 Å². The molecule has 0 radical (unpaired) electrons. The van der Waals surface area contributed by atoms with Crippen molar-refractivity contribution in [2.24, 2.45) is 0 Å². The normalized spacial score (nSPS) is 21.3. The average Bonchev–Trinajstić information content (AvgIpc) is 3.05. The van der Waals surface area contributed by atoms with E-state index in [1.165, 1.54) is 37.1 Å². The molecule has 2 saturated heterocycles. The summed E-state index contributed by atoms with van der Waals surface area (Å²) >= 11 is 5.73. The minimum Gasteiger partial charge on any atom is -0.475 e. The van der Waals surface area contributed by atoms with E-state index in [0.29, 0.717) is 6.04 Å². The van der Waals surface area contributed by atoms with Gasteiger partial charge in [-0.2, -0.15) is 13.2 Å². The summed E-state index contributed by atoms with van der Waals surface area (Å²) in [5.41, 5.74) is 3.71. The molecule has 2 aliphatic heterocycles. The van der Waals surface area contributed by atoms with Gasteiger partial charge in [0.05, 0.1) is 0 Å². The summed E-state index contributed by atoms with van der Waals surface area (Å²) in [4.78, 5) is 17.3. The van der Waals surface area contributed by atoms with Crippen molar-refractivity contribution in [2.45, 2.75) is 63.8 Å². The number of nitrogens with zero attached hydrogens (tertiary/aromatic N) is 3. The van der Waals surface area contributed by atoms with Crippen LogP contribution in [0.15, 0.2) is 54.6 Å². The zero-order valence-corrected chi connectivity index (χ0v) is 21.7. The fourth-order valence-electron chi connectivity index (χ4n) is 5.21. The Kier molecular flexibility index (Phi) is 9.35. The van der Waals surface area contributed by atoms with Crippen LogP contribution in [0.25, 0.3) is 0 Å². The van der Waals surface area contributed by atoms with Crippen LogP contribution in [0.2, 0.25) is 0 Å². The first-order valence-electron chi connectivity index (χ1n) is 12.3. The SMILES string of the molecule is CCN(CC)C(=S)c1ccc(N(c2ccccc2)[C@H]2C[C@H]3CC[C@@H](C2)N3C)cc1.O=C(O)C(F)(F)F. The number of piperidine rings is 1. The second kappa shape index (κ2) is 12.1. The number of aliphatic carboxylic acids is 1. The lowest BCUT2D eigenvalue weighted by molar-refractivity contribution is -0.192. The zero-order chi connectivity index (χ0) is 26.5. The molecule has 0 aliphatic carbocycles. The van der Waals surface area contributed by atoms with Gasteiger partial charge in [0.1, 0.15) is 4.99 Å². The number of hydrogen-bond acceptors (Lipinski definition) is 4. The van der Waals surface area contributed by atoms with Gasteiger partial charge in [0.25, 0.3) is 0 Å². The molecule has 0 amide bonds. The number of anilines is 2. The number of benzene rings is 2. The van der Waals surface area contributed by atoms with Gasteiger partial charge in [-0.15, -0.1) is 0 Å².